The Kier molecular flexibility index (Phi) is 8.07. The highest BCUT2D eigenvalue weighted by atomic mass is 35.5. The molecule has 0 atom stereocenters. The van der Waals surface area contributed by atoms with Gasteiger partial charge in [-0.25, -0.2) is 4.79 Å². The van der Waals surface area contributed by atoms with Crippen LogP contribution < -0.4 is 10.1 Å². The number of hydrogen-bond donors (Lipinski definition) is 1. The molecule has 0 aliphatic rings. The lowest BCUT2D eigenvalue weighted by Crippen LogP contribution is -2.10. The fourth-order valence-electron chi connectivity index (χ4n) is 1.67. The third kappa shape index (κ3) is 6.63. The van der Waals surface area contributed by atoms with Crippen LogP contribution in [0, 0.1) is 0 Å². The molecule has 0 heterocycles. The van der Waals surface area contributed by atoms with Gasteiger partial charge in [0.2, 0.25) is 5.91 Å². The lowest BCUT2D eigenvalue weighted by atomic mass is 10.3. The molecule has 1 amide bonds. The van der Waals surface area contributed by atoms with Crippen LogP contribution in [0.4, 0.5) is 5.69 Å². The normalized spacial score (nSPS) is 10.5. The monoisotopic (exact) mass is 325 g/mol. The number of unbranched alkanes of at least 4 members (excludes halogenated alkanes) is 2. The molecule has 120 valence electrons. The van der Waals surface area contributed by atoms with Gasteiger partial charge in [0.15, 0.2) is 0 Å². The van der Waals surface area contributed by atoms with Gasteiger partial charge in [0.1, 0.15) is 5.75 Å². The van der Waals surface area contributed by atoms with E-state index in [2.05, 4.69) is 12.2 Å². The first-order valence-electron chi connectivity index (χ1n) is 7.06. The van der Waals surface area contributed by atoms with Crippen LogP contribution in [0.15, 0.2) is 30.4 Å². The molecule has 1 N–H and O–H groups in total. The molecule has 0 spiro atoms. The van der Waals surface area contributed by atoms with E-state index >= 15 is 0 Å². The minimum Gasteiger partial charge on any atom is -0.495 e. The highest BCUT2D eigenvalue weighted by Crippen LogP contribution is 2.27. The van der Waals surface area contributed by atoms with Gasteiger partial charge in [0, 0.05) is 17.2 Å². The van der Waals surface area contributed by atoms with Crippen molar-refractivity contribution in [2.45, 2.75) is 26.2 Å². The van der Waals surface area contributed by atoms with Gasteiger partial charge in [-0.1, -0.05) is 31.4 Å². The summed E-state index contributed by atoms with van der Waals surface area (Å²) < 4.78 is 10.1. The van der Waals surface area contributed by atoms with Crippen molar-refractivity contribution in [3.63, 3.8) is 0 Å². The first-order chi connectivity index (χ1) is 10.6. The summed E-state index contributed by atoms with van der Waals surface area (Å²) in [6.45, 7) is 2.43. The number of ether oxygens (including phenoxy) is 2. The molecule has 22 heavy (non-hydrogen) atoms. The first kappa shape index (κ1) is 18.0. The smallest absolute Gasteiger partial charge is 0.330 e. The number of carbonyl (C=O) groups is 2. The number of nitrogens with one attached hydrogen (secondary N) is 1. The second kappa shape index (κ2) is 9.84. The predicted octanol–water partition coefficient (Wildman–Crippen LogP) is 3.58. The summed E-state index contributed by atoms with van der Waals surface area (Å²) in [5, 5.41) is 3.06. The van der Waals surface area contributed by atoms with Crippen LogP contribution in [0.5, 0.6) is 5.75 Å². The SMILES string of the molecule is CCCCCOC(=O)/C=C/C(=O)Nc1cc(Cl)ccc1OC. The second-order valence-corrected chi connectivity index (χ2v) is 4.98. The van der Waals surface area contributed by atoms with Crippen molar-refractivity contribution < 1.29 is 19.1 Å². The average molecular weight is 326 g/mol. The van der Waals surface area contributed by atoms with Crippen molar-refractivity contribution in [3.8, 4) is 5.75 Å². The quantitative estimate of drug-likeness (QED) is 0.451. The fourth-order valence-corrected chi connectivity index (χ4v) is 1.84. The van der Waals surface area contributed by atoms with Crippen LogP contribution >= 0.6 is 11.6 Å². The molecule has 1 rings (SSSR count). The highest BCUT2D eigenvalue weighted by Gasteiger charge is 2.07. The predicted molar refractivity (Wildman–Crippen MR) is 86.3 cm³/mol. The number of anilines is 1. The number of methoxy groups -OCH3 is 1. The minimum atomic E-state index is -0.538. The van der Waals surface area contributed by atoms with Gasteiger partial charge in [-0.2, -0.15) is 0 Å². The van der Waals surface area contributed by atoms with E-state index in [0.717, 1.165) is 31.4 Å². The molecule has 0 saturated heterocycles. The molecule has 0 bridgehead atoms. The number of esters is 1. The Balaban J connectivity index is 2.50. The van der Waals surface area contributed by atoms with Crippen molar-refractivity contribution in [2.24, 2.45) is 0 Å². The zero-order chi connectivity index (χ0) is 16.4. The Morgan fingerprint density at radius 3 is 2.73 bits per heavy atom. The average Bonchev–Trinajstić information content (AvgIpc) is 2.50. The molecule has 0 saturated carbocycles. The van der Waals surface area contributed by atoms with E-state index in [1.807, 2.05) is 0 Å². The molecule has 0 aliphatic heterocycles. The number of carbonyl (C=O) groups excluding carboxylic acids is 2. The Hall–Kier alpha value is -2.01. The number of amides is 1. The van der Waals surface area contributed by atoms with Gasteiger partial charge in [-0.15, -0.1) is 0 Å². The van der Waals surface area contributed by atoms with Crippen LogP contribution in [-0.4, -0.2) is 25.6 Å². The third-order valence-electron chi connectivity index (χ3n) is 2.78. The van der Waals surface area contributed by atoms with E-state index in [1.165, 1.54) is 7.11 Å². The lowest BCUT2D eigenvalue weighted by molar-refractivity contribution is -0.138. The molecule has 0 aromatic heterocycles. The Morgan fingerprint density at radius 1 is 1.27 bits per heavy atom. The van der Waals surface area contributed by atoms with Crippen LogP contribution in [0.3, 0.4) is 0 Å². The lowest BCUT2D eigenvalue weighted by Gasteiger charge is -2.08. The second-order valence-electron chi connectivity index (χ2n) is 4.54. The highest BCUT2D eigenvalue weighted by molar-refractivity contribution is 6.31. The van der Waals surface area contributed by atoms with E-state index in [4.69, 9.17) is 21.1 Å². The zero-order valence-electron chi connectivity index (χ0n) is 12.7. The first-order valence-corrected chi connectivity index (χ1v) is 7.44. The summed E-state index contributed by atoms with van der Waals surface area (Å²) in [7, 11) is 1.49. The molecular weight excluding hydrogens is 306 g/mol. The minimum absolute atomic E-state index is 0.362. The van der Waals surface area contributed by atoms with Crippen LogP contribution in [-0.2, 0) is 14.3 Å². The van der Waals surface area contributed by atoms with Crippen molar-refractivity contribution in [1.29, 1.82) is 0 Å². The van der Waals surface area contributed by atoms with E-state index < -0.39 is 11.9 Å². The Morgan fingerprint density at radius 2 is 2.05 bits per heavy atom. The fraction of sp³-hybridized carbons (Fsp3) is 0.375. The summed E-state index contributed by atoms with van der Waals surface area (Å²) in [5.41, 5.74) is 0.431. The summed E-state index contributed by atoms with van der Waals surface area (Å²) in [5.74, 6) is -0.524. The maximum atomic E-state index is 11.8. The van der Waals surface area contributed by atoms with Gasteiger partial charge in [0.05, 0.1) is 19.4 Å². The van der Waals surface area contributed by atoms with Gasteiger partial charge >= 0.3 is 5.97 Å². The van der Waals surface area contributed by atoms with Crippen molar-refractivity contribution in [1.82, 2.24) is 0 Å². The van der Waals surface area contributed by atoms with E-state index in [-0.39, 0.29) is 0 Å². The molecule has 0 unspecified atom stereocenters. The van der Waals surface area contributed by atoms with Crippen molar-refractivity contribution in [2.75, 3.05) is 19.0 Å². The summed E-state index contributed by atoms with van der Waals surface area (Å²) in [6.07, 6.45) is 5.09. The molecule has 1 aromatic rings. The van der Waals surface area contributed by atoms with Gasteiger partial charge < -0.3 is 14.8 Å². The summed E-state index contributed by atoms with van der Waals surface area (Å²) >= 11 is 5.87. The Bertz CT molecular complexity index is 543. The zero-order valence-corrected chi connectivity index (χ0v) is 13.5. The summed E-state index contributed by atoms with van der Waals surface area (Å²) in [6, 6.07) is 4.86. The summed E-state index contributed by atoms with van der Waals surface area (Å²) in [4.78, 5) is 23.2. The number of rotatable bonds is 8. The third-order valence-corrected chi connectivity index (χ3v) is 3.02. The molecule has 1 aromatic carbocycles. The van der Waals surface area contributed by atoms with E-state index in [0.29, 0.717) is 23.1 Å². The molecule has 0 fully saturated rings. The van der Waals surface area contributed by atoms with E-state index in [9.17, 15) is 9.59 Å². The van der Waals surface area contributed by atoms with Crippen LogP contribution in [0.1, 0.15) is 26.2 Å². The maximum Gasteiger partial charge on any atom is 0.330 e. The van der Waals surface area contributed by atoms with E-state index in [1.54, 1.807) is 18.2 Å². The number of hydrogen-bond acceptors (Lipinski definition) is 4. The molecule has 0 aliphatic carbocycles. The van der Waals surface area contributed by atoms with Gasteiger partial charge in [0.25, 0.3) is 0 Å². The van der Waals surface area contributed by atoms with Gasteiger partial charge in [-0.3, -0.25) is 4.79 Å². The van der Waals surface area contributed by atoms with Crippen LogP contribution in [0.25, 0.3) is 0 Å². The topological polar surface area (TPSA) is 64.6 Å². The number of halogens is 1. The number of benzene rings is 1. The maximum absolute atomic E-state index is 11.8. The molecule has 0 radical (unpaired) electrons. The largest absolute Gasteiger partial charge is 0.495 e. The van der Waals surface area contributed by atoms with Crippen LogP contribution in [0.2, 0.25) is 5.02 Å². The molecular formula is C16H20ClNO4. The Labute approximate surface area is 135 Å². The van der Waals surface area contributed by atoms with Gasteiger partial charge in [-0.05, 0) is 24.6 Å². The van der Waals surface area contributed by atoms with Crippen molar-refractivity contribution >= 4 is 29.2 Å². The molecule has 6 heteroatoms. The van der Waals surface area contributed by atoms with Crippen molar-refractivity contribution in [3.05, 3.63) is 35.4 Å². The molecule has 5 nitrogen and oxygen atoms in total. The standard InChI is InChI=1S/C16H20ClNO4/c1-3-4-5-10-22-16(20)9-8-15(19)18-13-11-12(17)6-7-14(13)21-2/h6-9,11H,3-5,10H2,1-2H3,(H,18,19)/b9-8+.